The highest BCUT2D eigenvalue weighted by molar-refractivity contribution is 6.02. The van der Waals surface area contributed by atoms with Crippen LogP contribution in [-0.2, 0) is 11.3 Å². The number of methoxy groups -OCH3 is 1. The molecule has 0 saturated carbocycles. The summed E-state index contributed by atoms with van der Waals surface area (Å²) >= 11 is 0. The topological polar surface area (TPSA) is 125 Å². The molecular weight excluding hydrogens is 338 g/mol. The van der Waals surface area contributed by atoms with Crippen molar-refractivity contribution in [2.24, 2.45) is 0 Å². The maximum atomic E-state index is 12.2. The molecule has 0 unspecified atom stereocenters. The first-order valence-electron chi connectivity index (χ1n) is 7.45. The van der Waals surface area contributed by atoms with E-state index in [2.05, 4.69) is 5.32 Å². The van der Waals surface area contributed by atoms with Crippen LogP contribution in [-0.4, -0.2) is 23.0 Å². The zero-order chi connectivity index (χ0) is 19.1. The molecule has 8 heteroatoms. The molecule has 0 spiro atoms. The lowest BCUT2D eigenvalue weighted by Crippen LogP contribution is -2.23. The number of rotatable bonds is 6. The molecule has 2 rings (SSSR count). The number of phenols is 1. The molecule has 0 atom stereocenters. The van der Waals surface area contributed by atoms with Crippen molar-refractivity contribution in [2.75, 3.05) is 7.11 Å². The summed E-state index contributed by atoms with van der Waals surface area (Å²) in [5.74, 6) is -1.20. The summed E-state index contributed by atoms with van der Waals surface area (Å²) < 4.78 is 4.89. The van der Waals surface area contributed by atoms with Crippen LogP contribution >= 0.6 is 0 Å². The average molecular weight is 353 g/mol. The van der Waals surface area contributed by atoms with Crippen LogP contribution in [0.5, 0.6) is 11.5 Å². The Bertz CT molecular complexity index is 901. The molecule has 132 valence electrons. The maximum Gasteiger partial charge on any atom is 0.274 e. The van der Waals surface area contributed by atoms with Gasteiger partial charge in [-0.3, -0.25) is 14.9 Å². The van der Waals surface area contributed by atoms with Crippen LogP contribution in [0.25, 0.3) is 6.08 Å². The number of nitriles is 1. The van der Waals surface area contributed by atoms with Gasteiger partial charge in [-0.15, -0.1) is 0 Å². The van der Waals surface area contributed by atoms with Crippen LogP contribution in [0, 0.1) is 21.4 Å². The summed E-state index contributed by atoms with van der Waals surface area (Å²) in [7, 11) is 1.24. The molecule has 0 fully saturated rings. The van der Waals surface area contributed by atoms with E-state index in [4.69, 9.17) is 4.74 Å². The molecule has 0 bridgehead atoms. The first-order chi connectivity index (χ1) is 12.5. The number of non-ortho nitro benzene ring substituents is 1. The highest BCUT2D eigenvalue weighted by atomic mass is 16.6. The molecule has 0 saturated heterocycles. The van der Waals surface area contributed by atoms with E-state index in [-0.39, 0.29) is 29.1 Å². The number of nitrogens with one attached hydrogen (secondary N) is 1. The van der Waals surface area contributed by atoms with Crippen molar-refractivity contribution >= 4 is 17.7 Å². The second-order valence-electron chi connectivity index (χ2n) is 5.18. The van der Waals surface area contributed by atoms with E-state index in [0.717, 1.165) is 23.8 Å². The van der Waals surface area contributed by atoms with Gasteiger partial charge in [0.15, 0.2) is 11.5 Å². The summed E-state index contributed by atoms with van der Waals surface area (Å²) in [6.45, 7) is 0.211. The van der Waals surface area contributed by atoms with E-state index in [0.29, 0.717) is 0 Å². The number of benzene rings is 2. The first kappa shape index (κ1) is 18.5. The third kappa shape index (κ3) is 4.36. The largest absolute Gasteiger partial charge is 0.504 e. The highest BCUT2D eigenvalue weighted by Crippen LogP contribution is 2.35. The van der Waals surface area contributed by atoms with Gasteiger partial charge in [0, 0.05) is 18.2 Å². The van der Waals surface area contributed by atoms with Gasteiger partial charge in [-0.2, -0.15) is 5.26 Å². The van der Waals surface area contributed by atoms with Crippen LogP contribution in [0.3, 0.4) is 0 Å². The Labute approximate surface area is 149 Å². The number of hydrogen-bond donors (Lipinski definition) is 2. The SMILES string of the molecule is COc1cc([N+](=O)[O-])cc(/C=C(/C#N)C(=O)NCc2ccccc2)c1O. The third-order valence-corrected chi connectivity index (χ3v) is 3.48. The monoisotopic (exact) mass is 353 g/mol. The smallest absolute Gasteiger partial charge is 0.274 e. The fraction of sp³-hybridized carbons (Fsp3) is 0.111. The Morgan fingerprint density at radius 3 is 2.65 bits per heavy atom. The molecule has 2 aromatic rings. The second kappa shape index (κ2) is 8.30. The van der Waals surface area contributed by atoms with Crippen molar-refractivity contribution in [3.63, 3.8) is 0 Å². The number of nitrogens with zero attached hydrogens (tertiary/aromatic N) is 2. The molecule has 0 aromatic heterocycles. The average Bonchev–Trinajstić information content (AvgIpc) is 2.65. The lowest BCUT2D eigenvalue weighted by Gasteiger charge is -2.08. The Balaban J connectivity index is 2.30. The van der Waals surface area contributed by atoms with E-state index < -0.39 is 16.6 Å². The van der Waals surface area contributed by atoms with Crippen LogP contribution in [0.4, 0.5) is 5.69 Å². The molecule has 1 amide bonds. The summed E-state index contributed by atoms with van der Waals surface area (Å²) in [5.41, 5.74) is 0.132. The molecule has 0 aliphatic heterocycles. The summed E-state index contributed by atoms with van der Waals surface area (Å²) in [6.07, 6.45) is 1.07. The summed E-state index contributed by atoms with van der Waals surface area (Å²) in [5, 5.41) is 32.9. The quantitative estimate of drug-likeness (QED) is 0.356. The molecule has 0 radical (unpaired) electrons. The third-order valence-electron chi connectivity index (χ3n) is 3.48. The molecule has 0 aliphatic carbocycles. The first-order valence-corrected chi connectivity index (χ1v) is 7.45. The predicted molar refractivity (Wildman–Crippen MR) is 93.2 cm³/mol. The number of aromatic hydroxyl groups is 1. The number of carbonyl (C=O) groups excluding carboxylic acids is 1. The highest BCUT2D eigenvalue weighted by Gasteiger charge is 2.18. The number of hydrogen-bond acceptors (Lipinski definition) is 6. The Morgan fingerprint density at radius 2 is 2.08 bits per heavy atom. The summed E-state index contributed by atoms with van der Waals surface area (Å²) in [6, 6.07) is 12.9. The van der Waals surface area contributed by atoms with Gasteiger partial charge in [0.05, 0.1) is 18.1 Å². The maximum absolute atomic E-state index is 12.2. The van der Waals surface area contributed by atoms with Gasteiger partial charge in [-0.1, -0.05) is 30.3 Å². The predicted octanol–water partition coefficient (Wildman–Crippen LogP) is 2.53. The van der Waals surface area contributed by atoms with Gasteiger partial charge in [-0.05, 0) is 11.6 Å². The van der Waals surface area contributed by atoms with Crippen LogP contribution in [0.15, 0.2) is 48.0 Å². The van der Waals surface area contributed by atoms with Crippen molar-refractivity contribution in [3.05, 3.63) is 69.3 Å². The fourth-order valence-corrected chi connectivity index (χ4v) is 2.16. The van der Waals surface area contributed by atoms with E-state index in [9.17, 15) is 25.3 Å². The van der Waals surface area contributed by atoms with E-state index in [1.54, 1.807) is 6.07 Å². The van der Waals surface area contributed by atoms with Crippen molar-refractivity contribution in [3.8, 4) is 17.6 Å². The van der Waals surface area contributed by atoms with Crippen molar-refractivity contribution < 1.29 is 19.6 Å². The summed E-state index contributed by atoms with van der Waals surface area (Å²) in [4.78, 5) is 22.5. The fourth-order valence-electron chi connectivity index (χ4n) is 2.16. The number of nitro groups is 1. The van der Waals surface area contributed by atoms with Crippen LogP contribution < -0.4 is 10.1 Å². The van der Waals surface area contributed by atoms with Gasteiger partial charge in [0.2, 0.25) is 0 Å². The minimum atomic E-state index is -0.666. The molecule has 0 aliphatic rings. The standard InChI is InChI=1S/C18H15N3O5/c1-26-16-9-15(21(24)25)8-13(17(16)22)7-14(10-19)18(23)20-11-12-5-3-2-4-6-12/h2-9,22H,11H2,1H3,(H,20,23)/b14-7-. The van der Waals surface area contributed by atoms with E-state index in [1.165, 1.54) is 7.11 Å². The molecule has 8 nitrogen and oxygen atoms in total. The number of ether oxygens (including phenoxy) is 1. The van der Waals surface area contributed by atoms with Crippen molar-refractivity contribution in [1.29, 1.82) is 5.26 Å². The Kier molecular flexibility index (Phi) is 5.90. The van der Waals surface area contributed by atoms with Gasteiger partial charge < -0.3 is 15.2 Å². The molecule has 2 N–H and O–H groups in total. The van der Waals surface area contributed by atoms with Gasteiger partial charge in [0.1, 0.15) is 11.6 Å². The zero-order valence-corrected chi connectivity index (χ0v) is 13.8. The van der Waals surface area contributed by atoms with Gasteiger partial charge >= 0.3 is 0 Å². The minimum Gasteiger partial charge on any atom is -0.504 e. The Hall–Kier alpha value is -3.86. The second-order valence-corrected chi connectivity index (χ2v) is 5.18. The lowest BCUT2D eigenvalue weighted by molar-refractivity contribution is -0.385. The zero-order valence-electron chi connectivity index (χ0n) is 13.8. The minimum absolute atomic E-state index is 0.0672. The van der Waals surface area contributed by atoms with E-state index >= 15 is 0 Å². The number of carbonyl (C=O) groups is 1. The van der Waals surface area contributed by atoms with Crippen molar-refractivity contribution in [2.45, 2.75) is 6.54 Å². The Morgan fingerprint density at radius 1 is 1.38 bits per heavy atom. The number of phenolic OH excluding ortho intramolecular Hbond substituents is 1. The number of nitro benzene ring substituents is 1. The molecule has 2 aromatic carbocycles. The van der Waals surface area contributed by atoms with E-state index in [1.807, 2.05) is 30.3 Å². The molecule has 26 heavy (non-hydrogen) atoms. The van der Waals surface area contributed by atoms with Gasteiger partial charge in [-0.25, -0.2) is 0 Å². The van der Waals surface area contributed by atoms with Crippen molar-refractivity contribution in [1.82, 2.24) is 5.32 Å². The normalized spacial score (nSPS) is 10.7. The molecular formula is C18H15N3O5. The molecule has 0 heterocycles. The van der Waals surface area contributed by atoms with Crippen LogP contribution in [0.1, 0.15) is 11.1 Å². The number of amides is 1. The van der Waals surface area contributed by atoms with Gasteiger partial charge in [0.25, 0.3) is 11.6 Å². The lowest BCUT2D eigenvalue weighted by atomic mass is 10.1. The van der Waals surface area contributed by atoms with Crippen LogP contribution in [0.2, 0.25) is 0 Å².